The van der Waals surface area contributed by atoms with Crippen LogP contribution in [0.1, 0.15) is 22.3 Å². The van der Waals surface area contributed by atoms with Crippen molar-refractivity contribution in [1.29, 1.82) is 0 Å². The van der Waals surface area contributed by atoms with Gasteiger partial charge in [-0.3, -0.25) is 4.79 Å². The number of fused-ring (bicyclic) bond motifs is 1. The van der Waals surface area contributed by atoms with Crippen molar-refractivity contribution >= 4 is 11.6 Å². The highest BCUT2D eigenvalue weighted by molar-refractivity contribution is 5.99. The summed E-state index contributed by atoms with van der Waals surface area (Å²) in [6.45, 7) is 3.21. The smallest absolute Gasteiger partial charge is 0.259 e. The predicted octanol–water partition coefficient (Wildman–Crippen LogP) is 2.33. The number of rotatable bonds is 3. The zero-order valence-corrected chi connectivity index (χ0v) is 13.4. The second-order valence-corrected chi connectivity index (χ2v) is 6.05. The number of aryl methyl sites for hydroxylation is 1. The zero-order chi connectivity index (χ0) is 16.5. The first-order chi connectivity index (χ1) is 11.7. The Balaban J connectivity index is 1.49. The third-order valence-corrected chi connectivity index (χ3v) is 4.19. The molecule has 3 heterocycles. The second kappa shape index (κ2) is 5.96. The van der Waals surface area contributed by atoms with Gasteiger partial charge < -0.3 is 9.64 Å². The summed E-state index contributed by atoms with van der Waals surface area (Å²) in [5.41, 5.74) is 2.13. The van der Waals surface area contributed by atoms with Crippen LogP contribution in [0.15, 0.2) is 48.9 Å². The lowest BCUT2D eigenvalue weighted by Gasteiger charge is -2.16. The van der Waals surface area contributed by atoms with Gasteiger partial charge in [-0.1, -0.05) is 18.2 Å². The average Bonchev–Trinajstić information content (AvgIpc) is 3.22. The standard InChI is InChI=1S/C18H18N4O2/c1-13-9-19-17-16(10-20-22(17)11-13)18(23)21-8-7-15(12-21)24-14-5-3-2-4-6-14/h2-6,9-11,15H,7-8,12H2,1H3/t15-/m0/s1. The number of likely N-dealkylation sites (tertiary alicyclic amines) is 1. The number of hydrogen-bond donors (Lipinski definition) is 0. The lowest BCUT2D eigenvalue weighted by atomic mass is 10.3. The minimum absolute atomic E-state index is 0.0217. The molecule has 1 atom stereocenters. The lowest BCUT2D eigenvalue weighted by Crippen LogP contribution is -2.31. The normalized spacial score (nSPS) is 17.4. The number of aromatic nitrogens is 3. The molecule has 1 amide bonds. The Bertz CT molecular complexity index is 875. The van der Waals surface area contributed by atoms with Crippen LogP contribution in [0.3, 0.4) is 0 Å². The second-order valence-electron chi connectivity index (χ2n) is 6.05. The van der Waals surface area contributed by atoms with Crippen LogP contribution in [0.2, 0.25) is 0 Å². The van der Waals surface area contributed by atoms with Crippen molar-refractivity contribution in [1.82, 2.24) is 19.5 Å². The fourth-order valence-corrected chi connectivity index (χ4v) is 2.99. The molecular formula is C18H18N4O2. The molecule has 3 aromatic rings. The minimum Gasteiger partial charge on any atom is -0.489 e. The molecule has 1 fully saturated rings. The first-order valence-corrected chi connectivity index (χ1v) is 8.02. The van der Waals surface area contributed by atoms with E-state index in [9.17, 15) is 4.79 Å². The van der Waals surface area contributed by atoms with E-state index in [-0.39, 0.29) is 12.0 Å². The molecule has 0 N–H and O–H groups in total. The quantitative estimate of drug-likeness (QED) is 0.742. The van der Waals surface area contributed by atoms with Gasteiger partial charge in [0, 0.05) is 25.4 Å². The third-order valence-electron chi connectivity index (χ3n) is 4.19. The summed E-state index contributed by atoms with van der Waals surface area (Å²) in [5, 5.41) is 4.23. The van der Waals surface area contributed by atoms with E-state index in [2.05, 4.69) is 10.1 Å². The van der Waals surface area contributed by atoms with Gasteiger partial charge >= 0.3 is 0 Å². The first kappa shape index (κ1) is 14.7. The fourth-order valence-electron chi connectivity index (χ4n) is 2.99. The van der Waals surface area contributed by atoms with E-state index in [4.69, 9.17) is 4.74 Å². The Morgan fingerprint density at radius 3 is 2.92 bits per heavy atom. The summed E-state index contributed by atoms with van der Waals surface area (Å²) in [7, 11) is 0. The highest BCUT2D eigenvalue weighted by Crippen LogP contribution is 2.20. The Hall–Kier alpha value is -2.89. The van der Waals surface area contributed by atoms with Crippen LogP contribution in [-0.4, -0.2) is 44.6 Å². The molecule has 6 heteroatoms. The summed E-state index contributed by atoms with van der Waals surface area (Å²) < 4.78 is 7.60. The molecule has 0 unspecified atom stereocenters. The SMILES string of the molecule is Cc1cnc2c(C(=O)N3CC[C@H](Oc4ccccc4)C3)cnn2c1. The van der Waals surface area contributed by atoms with Crippen molar-refractivity contribution in [3.8, 4) is 5.75 Å². The summed E-state index contributed by atoms with van der Waals surface area (Å²) >= 11 is 0. The Kier molecular flexibility index (Phi) is 3.65. The maximum atomic E-state index is 12.8. The predicted molar refractivity (Wildman–Crippen MR) is 89.1 cm³/mol. The van der Waals surface area contributed by atoms with E-state index < -0.39 is 0 Å². The van der Waals surface area contributed by atoms with Crippen LogP contribution >= 0.6 is 0 Å². The molecule has 0 radical (unpaired) electrons. The first-order valence-electron chi connectivity index (χ1n) is 8.02. The summed E-state index contributed by atoms with van der Waals surface area (Å²) in [5.74, 6) is 0.797. The number of carbonyl (C=O) groups excluding carboxylic acids is 1. The van der Waals surface area contributed by atoms with E-state index in [0.29, 0.717) is 24.3 Å². The van der Waals surface area contributed by atoms with E-state index in [1.165, 1.54) is 0 Å². The molecule has 24 heavy (non-hydrogen) atoms. The van der Waals surface area contributed by atoms with Crippen LogP contribution < -0.4 is 4.74 Å². The number of amides is 1. The van der Waals surface area contributed by atoms with Gasteiger partial charge in [0.2, 0.25) is 0 Å². The van der Waals surface area contributed by atoms with Gasteiger partial charge in [0.25, 0.3) is 5.91 Å². The average molecular weight is 322 g/mol. The van der Waals surface area contributed by atoms with Crippen molar-refractivity contribution in [2.45, 2.75) is 19.4 Å². The van der Waals surface area contributed by atoms with Crippen LogP contribution in [0.4, 0.5) is 0 Å². The summed E-state index contributed by atoms with van der Waals surface area (Å²) in [4.78, 5) is 18.9. The van der Waals surface area contributed by atoms with Crippen LogP contribution in [0, 0.1) is 6.92 Å². The number of ether oxygens (including phenoxy) is 1. The lowest BCUT2D eigenvalue weighted by molar-refractivity contribution is 0.0774. The van der Waals surface area contributed by atoms with Crippen molar-refractivity contribution < 1.29 is 9.53 Å². The van der Waals surface area contributed by atoms with E-state index in [0.717, 1.165) is 17.7 Å². The van der Waals surface area contributed by atoms with Gasteiger partial charge in [-0.25, -0.2) is 9.50 Å². The molecule has 122 valence electrons. The van der Waals surface area contributed by atoms with E-state index >= 15 is 0 Å². The van der Waals surface area contributed by atoms with Gasteiger partial charge in [0.05, 0.1) is 12.7 Å². The van der Waals surface area contributed by atoms with Crippen molar-refractivity contribution in [2.24, 2.45) is 0 Å². The van der Waals surface area contributed by atoms with E-state index in [1.807, 2.05) is 48.4 Å². The highest BCUT2D eigenvalue weighted by atomic mass is 16.5. The fraction of sp³-hybridized carbons (Fsp3) is 0.278. The molecule has 1 aromatic carbocycles. The monoisotopic (exact) mass is 322 g/mol. The highest BCUT2D eigenvalue weighted by Gasteiger charge is 2.30. The van der Waals surface area contributed by atoms with Crippen LogP contribution in [0.25, 0.3) is 5.65 Å². The van der Waals surface area contributed by atoms with Crippen LogP contribution in [0.5, 0.6) is 5.75 Å². The molecular weight excluding hydrogens is 304 g/mol. The Labute approximate surface area is 139 Å². The number of hydrogen-bond acceptors (Lipinski definition) is 4. The number of nitrogens with zero attached hydrogens (tertiary/aromatic N) is 4. The molecule has 1 aliphatic rings. The summed E-state index contributed by atoms with van der Waals surface area (Å²) in [6.07, 6.45) is 6.05. The topological polar surface area (TPSA) is 59.7 Å². The molecule has 4 rings (SSSR count). The van der Waals surface area contributed by atoms with Gasteiger partial charge in [-0.15, -0.1) is 0 Å². The van der Waals surface area contributed by atoms with Crippen molar-refractivity contribution in [2.75, 3.05) is 13.1 Å². The van der Waals surface area contributed by atoms with Crippen molar-refractivity contribution in [3.63, 3.8) is 0 Å². The molecule has 1 saturated heterocycles. The van der Waals surface area contributed by atoms with Gasteiger partial charge in [0.1, 0.15) is 17.4 Å². The largest absolute Gasteiger partial charge is 0.489 e. The molecule has 0 saturated carbocycles. The van der Waals surface area contributed by atoms with Crippen LogP contribution in [-0.2, 0) is 0 Å². The Morgan fingerprint density at radius 1 is 1.25 bits per heavy atom. The van der Waals surface area contributed by atoms with Gasteiger partial charge in [-0.2, -0.15) is 5.10 Å². The molecule has 0 spiro atoms. The van der Waals surface area contributed by atoms with E-state index in [1.54, 1.807) is 16.9 Å². The molecule has 0 aliphatic carbocycles. The molecule has 2 aromatic heterocycles. The maximum Gasteiger partial charge on any atom is 0.259 e. The molecule has 1 aliphatic heterocycles. The molecule has 6 nitrogen and oxygen atoms in total. The number of para-hydroxylation sites is 1. The Morgan fingerprint density at radius 2 is 2.08 bits per heavy atom. The number of benzene rings is 1. The minimum atomic E-state index is -0.0412. The van der Waals surface area contributed by atoms with Gasteiger partial charge in [-0.05, 0) is 24.6 Å². The zero-order valence-electron chi connectivity index (χ0n) is 13.4. The summed E-state index contributed by atoms with van der Waals surface area (Å²) in [6, 6.07) is 9.71. The third kappa shape index (κ3) is 2.71. The number of carbonyl (C=O) groups is 1. The molecule has 0 bridgehead atoms. The maximum absolute atomic E-state index is 12.8. The van der Waals surface area contributed by atoms with Crippen molar-refractivity contribution in [3.05, 3.63) is 60.0 Å². The van der Waals surface area contributed by atoms with Gasteiger partial charge in [0.15, 0.2) is 5.65 Å².